The Morgan fingerprint density at radius 2 is 0.535 bits per heavy atom. The number of hydrogen-bond donors (Lipinski definition) is 3. The highest BCUT2D eigenvalue weighted by molar-refractivity contribution is 7.47. The van der Waals surface area contributed by atoms with Crippen LogP contribution in [0.2, 0.25) is 0 Å². The molecule has 0 aliphatic heterocycles. The van der Waals surface area contributed by atoms with E-state index in [4.69, 9.17) is 37.0 Å². The van der Waals surface area contributed by atoms with Gasteiger partial charge in [0.2, 0.25) is 0 Å². The number of rotatable bonds is 79. The van der Waals surface area contributed by atoms with Gasteiger partial charge in [-0.3, -0.25) is 37.3 Å². The first kappa shape index (κ1) is 98.5. The molecule has 0 aliphatic rings. The van der Waals surface area contributed by atoms with Crippen LogP contribution in [0.3, 0.4) is 0 Å². The van der Waals surface area contributed by atoms with Crippen LogP contribution in [0.25, 0.3) is 0 Å². The van der Waals surface area contributed by atoms with Crippen molar-refractivity contribution >= 4 is 39.5 Å². The standard InChI is InChI=1S/C82H156O17P2/c1-7-9-11-13-15-17-19-20-23-31-36-42-48-54-60-66-81(86)98-77(70-92-79(84)64-58-52-46-40-18-16-14-12-10-8-2)72-96-100(88,89)94-68-76(83)69-95-101(90,91)97-73-78(99-82(87)67-61-55-49-43-37-32-27-22-25-29-34-39-45-51-57-63-75(5)6)71-93-80(85)65-59-53-47-41-35-30-26-21-24-28-33-38-44-50-56-62-74(3)4/h17,19-20,23,74-78,83H,7-16,18,21-22,24-73H2,1-6H3,(H,88,89)(H,90,91)/b19-17-,23-20-/t76-,77+,78+/m0/s1. The lowest BCUT2D eigenvalue weighted by Gasteiger charge is -2.21. The van der Waals surface area contributed by atoms with Crippen molar-refractivity contribution < 1.29 is 80.2 Å². The van der Waals surface area contributed by atoms with E-state index in [-0.39, 0.29) is 25.7 Å². The second-order valence-corrected chi connectivity index (χ2v) is 32.7. The SMILES string of the molecule is CCCCCC/C=C\C=C/CCCCCCCC(=O)O[C@H](COC(=O)CCCCCCCCCCCC)COP(=O)(O)OC[C@H](O)COP(=O)(O)OC[C@@H](COC(=O)CCCCCCCCCCCCCCCCCC(C)C)OC(=O)CCCCCCCCCCCCCCCCCC(C)C. The van der Waals surface area contributed by atoms with Gasteiger partial charge in [-0.25, -0.2) is 9.13 Å². The molecule has 0 saturated heterocycles. The summed E-state index contributed by atoms with van der Waals surface area (Å²) in [6, 6.07) is 0. The van der Waals surface area contributed by atoms with E-state index in [9.17, 15) is 43.2 Å². The third-order valence-electron chi connectivity index (χ3n) is 18.6. The molecule has 0 bridgehead atoms. The molecule has 0 saturated carbocycles. The van der Waals surface area contributed by atoms with E-state index >= 15 is 0 Å². The zero-order valence-electron chi connectivity index (χ0n) is 65.7. The molecular weight excluding hydrogens is 1320 g/mol. The van der Waals surface area contributed by atoms with Crippen LogP contribution in [0, 0.1) is 11.8 Å². The van der Waals surface area contributed by atoms with Gasteiger partial charge in [-0.15, -0.1) is 0 Å². The first-order chi connectivity index (χ1) is 48.9. The maximum Gasteiger partial charge on any atom is 0.472 e. The van der Waals surface area contributed by atoms with Gasteiger partial charge < -0.3 is 33.8 Å². The molecule has 5 atom stereocenters. The summed E-state index contributed by atoms with van der Waals surface area (Å²) in [5.74, 6) is -0.531. The van der Waals surface area contributed by atoms with Gasteiger partial charge in [0.15, 0.2) is 12.2 Å². The summed E-state index contributed by atoms with van der Waals surface area (Å²) in [6.45, 7) is 9.62. The van der Waals surface area contributed by atoms with Crippen molar-refractivity contribution in [2.45, 2.75) is 426 Å². The Balaban J connectivity index is 5.27. The molecular formula is C82H156O17P2. The summed E-state index contributed by atoms with van der Waals surface area (Å²) in [5.41, 5.74) is 0. The molecule has 0 fully saturated rings. The first-order valence-corrected chi connectivity index (χ1v) is 44.8. The van der Waals surface area contributed by atoms with Crippen molar-refractivity contribution in [2.75, 3.05) is 39.6 Å². The van der Waals surface area contributed by atoms with E-state index in [1.807, 2.05) is 0 Å². The van der Waals surface area contributed by atoms with Crippen LogP contribution in [0.1, 0.15) is 408 Å². The van der Waals surface area contributed by atoms with Gasteiger partial charge >= 0.3 is 39.5 Å². The second-order valence-electron chi connectivity index (χ2n) is 29.8. The van der Waals surface area contributed by atoms with Crippen LogP contribution in [-0.2, 0) is 65.4 Å². The summed E-state index contributed by atoms with van der Waals surface area (Å²) >= 11 is 0. The number of phosphoric acid groups is 2. The molecule has 101 heavy (non-hydrogen) atoms. The molecule has 0 aromatic rings. The van der Waals surface area contributed by atoms with Crippen molar-refractivity contribution in [2.24, 2.45) is 11.8 Å². The minimum Gasteiger partial charge on any atom is -0.462 e. The van der Waals surface area contributed by atoms with Gasteiger partial charge in [-0.1, -0.05) is 355 Å². The quantitative estimate of drug-likeness (QED) is 0.0169. The number of aliphatic hydroxyl groups is 1. The van der Waals surface area contributed by atoms with E-state index in [2.05, 4.69) is 65.8 Å². The lowest BCUT2D eigenvalue weighted by Crippen LogP contribution is -2.30. The van der Waals surface area contributed by atoms with Crippen molar-refractivity contribution in [1.29, 1.82) is 0 Å². The van der Waals surface area contributed by atoms with E-state index < -0.39 is 97.5 Å². The molecule has 2 unspecified atom stereocenters. The Kier molecular flexibility index (Phi) is 71.3. The van der Waals surface area contributed by atoms with Crippen LogP contribution < -0.4 is 0 Å². The summed E-state index contributed by atoms with van der Waals surface area (Å²) in [5, 5.41) is 10.6. The summed E-state index contributed by atoms with van der Waals surface area (Å²) in [7, 11) is -9.93. The number of allylic oxidation sites excluding steroid dienone is 4. The molecule has 0 radical (unpaired) electrons. The van der Waals surface area contributed by atoms with Crippen LogP contribution in [0.15, 0.2) is 24.3 Å². The third kappa shape index (κ3) is 75.6. The van der Waals surface area contributed by atoms with Gasteiger partial charge in [0, 0.05) is 25.7 Å². The predicted molar refractivity (Wildman–Crippen MR) is 414 cm³/mol. The number of carbonyl (C=O) groups is 4. The molecule has 0 amide bonds. The molecule has 19 heteroatoms. The molecule has 0 aliphatic carbocycles. The smallest absolute Gasteiger partial charge is 0.462 e. The highest BCUT2D eigenvalue weighted by Crippen LogP contribution is 2.45. The Morgan fingerprint density at radius 3 is 0.812 bits per heavy atom. The zero-order valence-corrected chi connectivity index (χ0v) is 67.5. The average molecular weight is 1480 g/mol. The number of carbonyl (C=O) groups excluding carboxylic acids is 4. The molecule has 3 N–H and O–H groups in total. The van der Waals surface area contributed by atoms with Gasteiger partial charge in [0.25, 0.3) is 0 Å². The summed E-state index contributed by atoms with van der Waals surface area (Å²) in [6.07, 6.45) is 65.9. The van der Waals surface area contributed by atoms with E-state index in [0.29, 0.717) is 25.7 Å². The lowest BCUT2D eigenvalue weighted by atomic mass is 10.0. The van der Waals surface area contributed by atoms with E-state index in [1.54, 1.807) is 0 Å². The molecule has 0 rings (SSSR count). The minimum absolute atomic E-state index is 0.0853. The Labute approximate surface area is 618 Å². The van der Waals surface area contributed by atoms with Crippen molar-refractivity contribution in [3.8, 4) is 0 Å². The highest BCUT2D eigenvalue weighted by atomic mass is 31.2. The minimum atomic E-state index is -4.97. The fourth-order valence-electron chi connectivity index (χ4n) is 12.2. The Morgan fingerprint density at radius 1 is 0.307 bits per heavy atom. The average Bonchev–Trinajstić information content (AvgIpc) is 1.13. The van der Waals surface area contributed by atoms with E-state index in [0.717, 1.165) is 115 Å². The molecule has 0 heterocycles. The number of phosphoric ester groups is 2. The van der Waals surface area contributed by atoms with Crippen molar-refractivity contribution in [3.05, 3.63) is 24.3 Å². The number of aliphatic hydroxyl groups excluding tert-OH is 1. The molecule has 17 nitrogen and oxygen atoms in total. The number of hydrogen-bond acceptors (Lipinski definition) is 15. The summed E-state index contributed by atoms with van der Waals surface area (Å²) in [4.78, 5) is 73.0. The van der Waals surface area contributed by atoms with Crippen molar-refractivity contribution in [1.82, 2.24) is 0 Å². The van der Waals surface area contributed by atoms with Gasteiger partial charge in [-0.2, -0.15) is 0 Å². The maximum atomic E-state index is 13.1. The first-order valence-electron chi connectivity index (χ1n) is 41.8. The van der Waals surface area contributed by atoms with Crippen LogP contribution in [-0.4, -0.2) is 96.7 Å². The van der Waals surface area contributed by atoms with Crippen molar-refractivity contribution in [3.63, 3.8) is 0 Å². The molecule has 0 aromatic carbocycles. The van der Waals surface area contributed by atoms with Gasteiger partial charge in [-0.05, 0) is 63.2 Å². The third-order valence-corrected chi connectivity index (χ3v) is 20.5. The summed E-state index contributed by atoms with van der Waals surface area (Å²) < 4.78 is 68.7. The normalized spacial score (nSPS) is 14.0. The zero-order chi connectivity index (χ0) is 74.2. The molecule has 596 valence electrons. The lowest BCUT2D eigenvalue weighted by molar-refractivity contribution is -0.161. The van der Waals surface area contributed by atoms with E-state index in [1.165, 1.54) is 212 Å². The number of esters is 4. The number of unbranched alkanes of at least 4 members (excludes halogenated alkanes) is 46. The predicted octanol–water partition coefficient (Wildman–Crippen LogP) is 24.2. The maximum absolute atomic E-state index is 13.1. The second kappa shape index (κ2) is 73.1. The fourth-order valence-corrected chi connectivity index (χ4v) is 13.8. The fraction of sp³-hybridized carbons (Fsp3) is 0.902. The highest BCUT2D eigenvalue weighted by Gasteiger charge is 2.30. The monoisotopic (exact) mass is 1480 g/mol. The van der Waals surface area contributed by atoms with Gasteiger partial charge in [0.1, 0.15) is 19.3 Å². The molecule has 0 spiro atoms. The largest absolute Gasteiger partial charge is 0.472 e. The van der Waals surface area contributed by atoms with Crippen LogP contribution >= 0.6 is 15.6 Å². The topological polar surface area (TPSA) is 237 Å². The van der Waals surface area contributed by atoms with Gasteiger partial charge in [0.05, 0.1) is 26.4 Å². The Hall–Kier alpha value is -2.46. The molecule has 0 aromatic heterocycles. The Bertz CT molecular complexity index is 2040. The van der Waals surface area contributed by atoms with Crippen LogP contribution in [0.5, 0.6) is 0 Å². The van der Waals surface area contributed by atoms with Crippen LogP contribution in [0.4, 0.5) is 0 Å². The number of ether oxygens (including phenoxy) is 4.